The van der Waals surface area contributed by atoms with Gasteiger partial charge in [-0.3, -0.25) is 14.4 Å². The lowest BCUT2D eigenvalue weighted by atomic mass is 9.56. The van der Waals surface area contributed by atoms with Crippen LogP contribution in [0.2, 0.25) is 0 Å². The van der Waals surface area contributed by atoms with Gasteiger partial charge in [0.05, 0.1) is 17.8 Å². The number of hydrogen-bond donors (Lipinski definition) is 0. The largest absolute Gasteiger partial charge is 0.299 e. The molecule has 5 nitrogen and oxygen atoms in total. The van der Waals surface area contributed by atoms with Crippen molar-refractivity contribution in [3.63, 3.8) is 0 Å². The van der Waals surface area contributed by atoms with E-state index in [1.807, 2.05) is 24.3 Å². The number of carbonyl (C=O) groups excluding carboxylic acids is 3. The molecule has 1 saturated heterocycles. The number of benzene rings is 1. The SMILES string of the molecule is O=C1C[C@@H]2c3ccccc3[C@H]1[C@H]1C(=O)N(c3ccccn3)C(=O)[C@@H]12. The standard InChI is InChI=1S/C19H14N2O3/c22-13-9-12-10-5-1-2-6-11(10)15(13)17-16(12)18(23)21(19(17)24)14-7-3-4-8-20-14/h1-8,12,15-17H,9H2/t12-,15-,16-,17-/m1/s1. The molecule has 1 aromatic heterocycles. The van der Waals surface area contributed by atoms with Crippen LogP contribution in [0, 0.1) is 11.8 Å². The Morgan fingerprint density at radius 3 is 2.33 bits per heavy atom. The van der Waals surface area contributed by atoms with E-state index in [-0.39, 0.29) is 23.5 Å². The Morgan fingerprint density at radius 2 is 1.58 bits per heavy atom. The number of imide groups is 1. The summed E-state index contributed by atoms with van der Waals surface area (Å²) in [5.41, 5.74) is 1.97. The molecule has 4 aliphatic rings. The molecule has 2 heterocycles. The fourth-order valence-corrected chi connectivity index (χ4v) is 4.67. The fraction of sp³-hybridized carbons (Fsp3) is 0.263. The Bertz CT molecular complexity index is 892. The summed E-state index contributed by atoms with van der Waals surface area (Å²) >= 11 is 0. The molecule has 4 atom stereocenters. The lowest BCUT2D eigenvalue weighted by molar-refractivity contribution is -0.134. The smallest absolute Gasteiger partial charge is 0.240 e. The highest BCUT2D eigenvalue weighted by molar-refractivity contribution is 6.24. The minimum atomic E-state index is -0.583. The van der Waals surface area contributed by atoms with Crippen LogP contribution in [0.5, 0.6) is 0 Å². The zero-order valence-corrected chi connectivity index (χ0v) is 12.8. The number of Topliss-reactive ketones (excluding diaryl/α,β-unsaturated/α-hetero) is 1. The molecule has 1 saturated carbocycles. The van der Waals surface area contributed by atoms with Gasteiger partial charge in [0.15, 0.2) is 0 Å². The highest BCUT2D eigenvalue weighted by Gasteiger charge is 2.62. The Labute approximate surface area is 138 Å². The van der Waals surface area contributed by atoms with Crippen LogP contribution in [0.25, 0.3) is 0 Å². The molecule has 118 valence electrons. The van der Waals surface area contributed by atoms with Gasteiger partial charge in [0.1, 0.15) is 11.6 Å². The number of ketones is 1. The van der Waals surface area contributed by atoms with Crippen LogP contribution in [0.3, 0.4) is 0 Å². The summed E-state index contributed by atoms with van der Waals surface area (Å²) in [7, 11) is 0. The molecule has 2 amide bonds. The molecule has 0 spiro atoms. The maximum atomic E-state index is 13.0. The van der Waals surface area contributed by atoms with Crippen LogP contribution in [0.1, 0.15) is 29.4 Å². The van der Waals surface area contributed by atoms with Crippen LogP contribution in [0.15, 0.2) is 48.7 Å². The summed E-state index contributed by atoms with van der Waals surface area (Å²) < 4.78 is 0. The predicted molar refractivity (Wildman–Crippen MR) is 85.3 cm³/mol. The first kappa shape index (κ1) is 13.6. The Balaban J connectivity index is 1.68. The van der Waals surface area contributed by atoms with Crippen LogP contribution >= 0.6 is 0 Å². The van der Waals surface area contributed by atoms with Crippen molar-refractivity contribution in [2.45, 2.75) is 18.3 Å². The molecule has 1 aromatic carbocycles. The summed E-state index contributed by atoms with van der Waals surface area (Å²) in [5.74, 6) is -1.82. The molecule has 2 bridgehead atoms. The number of anilines is 1. The molecule has 6 rings (SSSR count). The molecule has 2 aromatic rings. The third kappa shape index (κ3) is 1.54. The number of fused-ring (bicyclic) bond motifs is 1. The van der Waals surface area contributed by atoms with E-state index in [0.29, 0.717) is 12.2 Å². The fourth-order valence-electron chi connectivity index (χ4n) is 4.67. The monoisotopic (exact) mass is 318 g/mol. The minimum absolute atomic E-state index is 0.0731. The zero-order chi connectivity index (χ0) is 16.4. The molecule has 0 N–H and O–H groups in total. The van der Waals surface area contributed by atoms with E-state index in [0.717, 1.165) is 11.1 Å². The molecule has 5 heteroatoms. The molecule has 0 radical (unpaired) electrons. The van der Waals surface area contributed by atoms with Crippen molar-refractivity contribution < 1.29 is 14.4 Å². The van der Waals surface area contributed by atoms with Crippen LogP contribution in [-0.4, -0.2) is 22.6 Å². The maximum Gasteiger partial charge on any atom is 0.240 e. The number of aromatic nitrogens is 1. The summed E-state index contributed by atoms with van der Waals surface area (Å²) in [5, 5.41) is 0. The number of rotatable bonds is 1. The molecule has 24 heavy (non-hydrogen) atoms. The van der Waals surface area contributed by atoms with Gasteiger partial charge in [0, 0.05) is 18.5 Å². The van der Waals surface area contributed by atoms with Gasteiger partial charge in [-0.05, 0) is 23.3 Å². The van der Waals surface area contributed by atoms with E-state index in [1.54, 1.807) is 24.4 Å². The molecule has 0 unspecified atom stereocenters. The van der Waals surface area contributed by atoms with E-state index in [4.69, 9.17) is 0 Å². The van der Waals surface area contributed by atoms with Crippen molar-refractivity contribution in [1.82, 2.24) is 4.98 Å². The van der Waals surface area contributed by atoms with Crippen LogP contribution in [-0.2, 0) is 14.4 Å². The van der Waals surface area contributed by atoms with E-state index in [1.165, 1.54) is 4.90 Å². The quantitative estimate of drug-likeness (QED) is 0.755. The topological polar surface area (TPSA) is 67.3 Å². The number of hydrogen-bond acceptors (Lipinski definition) is 4. The Morgan fingerprint density at radius 1 is 0.875 bits per heavy atom. The van der Waals surface area contributed by atoms with E-state index >= 15 is 0 Å². The van der Waals surface area contributed by atoms with Crippen molar-refractivity contribution >= 4 is 23.4 Å². The van der Waals surface area contributed by atoms with Crippen molar-refractivity contribution in [2.24, 2.45) is 11.8 Å². The number of pyridine rings is 1. The number of carbonyl (C=O) groups is 3. The van der Waals surface area contributed by atoms with Crippen LogP contribution in [0.4, 0.5) is 5.82 Å². The second-order valence-electron chi connectivity index (χ2n) is 6.63. The summed E-state index contributed by atoms with van der Waals surface area (Å²) in [6.07, 6.45) is 1.91. The minimum Gasteiger partial charge on any atom is -0.299 e. The molecule has 3 aliphatic carbocycles. The van der Waals surface area contributed by atoms with Gasteiger partial charge < -0.3 is 0 Å². The van der Waals surface area contributed by atoms with Crippen molar-refractivity contribution in [3.8, 4) is 0 Å². The van der Waals surface area contributed by atoms with Gasteiger partial charge in [-0.15, -0.1) is 0 Å². The summed E-state index contributed by atoms with van der Waals surface area (Å²) in [6, 6.07) is 12.9. The molecular weight excluding hydrogens is 304 g/mol. The molecule has 1 aliphatic heterocycles. The van der Waals surface area contributed by atoms with Gasteiger partial charge in [0.25, 0.3) is 0 Å². The lowest BCUT2D eigenvalue weighted by Gasteiger charge is -2.43. The van der Waals surface area contributed by atoms with E-state index in [9.17, 15) is 14.4 Å². The second-order valence-corrected chi connectivity index (χ2v) is 6.63. The van der Waals surface area contributed by atoms with Crippen LogP contribution < -0.4 is 4.90 Å². The Hall–Kier alpha value is -2.82. The lowest BCUT2D eigenvalue weighted by Crippen LogP contribution is -2.44. The van der Waals surface area contributed by atoms with Crippen molar-refractivity contribution in [3.05, 3.63) is 59.8 Å². The number of nitrogens with zero attached hydrogens (tertiary/aromatic N) is 2. The third-order valence-corrected chi connectivity index (χ3v) is 5.57. The Kier molecular flexibility index (Phi) is 2.61. The van der Waals surface area contributed by atoms with Gasteiger partial charge in [-0.1, -0.05) is 30.3 Å². The normalized spacial score (nSPS) is 30.5. The first-order valence-corrected chi connectivity index (χ1v) is 8.09. The molecular formula is C19H14N2O3. The van der Waals surface area contributed by atoms with Crippen molar-refractivity contribution in [1.29, 1.82) is 0 Å². The molecule has 2 fully saturated rings. The third-order valence-electron chi connectivity index (χ3n) is 5.57. The van der Waals surface area contributed by atoms with E-state index in [2.05, 4.69) is 4.98 Å². The average molecular weight is 318 g/mol. The first-order chi connectivity index (χ1) is 11.7. The number of amides is 2. The predicted octanol–water partition coefficient (Wildman–Crippen LogP) is 2.04. The van der Waals surface area contributed by atoms with Gasteiger partial charge in [-0.2, -0.15) is 0 Å². The highest BCUT2D eigenvalue weighted by atomic mass is 16.2. The summed E-state index contributed by atoms with van der Waals surface area (Å²) in [6.45, 7) is 0. The van der Waals surface area contributed by atoms with Gasteiger partial charge in [-0.25, -0.2) is 9.88 Å². The second kappa shape index (κ2) is 4.60. The van der Waals surface area contributed by atoms with Gasteiger partial charge in [0.2, 0.25) is 11.8 Å². The zero-order valence-electron chi connectivity index (χ0n) is 12.8. The van der Waals surface area contributed by atoms with Gasteiger partial charge >= 0.3 is 0 Å². The summed E-state index contributed by atoms with van der Waals surface area (Å²) in [4.78, 5) is 43.9. The first-order valence-electron chi connectivity index (χ1n) is 8.09. The highest BCUT2D eigenvalue weighted by Crippen LogP contribution is 2.57. The maximum absolute atomic E-state index is 13.0. The average Bonchev–Trinajstić information content (AvgIpc) is 2.88. The van der Waals surface area contributed by atoms with E-state index < -0.39 is 17.8 Å². The van der Waals surface area contributed by atoms with Crippen molar-refractivity contribution in [2.75, 3.05) is 4.90 Å².